The van der Waals surface area contributed by atoms with Gasteiger partial charge in [-0.2, -0.15) is 0 Å². The van der Waals surface area contributed by atoms with E-state index in [1.54, 1.807) is 6.92 Å². The number of hydrogen-bond acceptors (Lipinski definition) is 3. The molecule has 0 atom stereocenters. The topological polar surface area (TPSA) is 43.4 Å². The molecule has 0 saturated heterocycles. The molecular formula is C15H24O3. The summed E-state index contributed by atoms with van der Waals surface area (Å²) in [5.74, 6) is -0.0146. The lowest BCUT2D eigenvalue weighted by molar-refractivity contribution is -0.140. The number of ketones is 1. The highest BCUT2D eigenvalue weighted by Gasteiger charge is 1.95. The molecule has 0 aromatic rings. The summed E-state index contributed by atoms with van der Waals surface area (Å²) >= 11 is 0. The van der Waals surface area contributed by atoms with Crippen LogP contribution >= 0.6 is 0 Å². The van der Waals surface area contributed by atoms with Gasteiger partial charge in [0.05, 0.1) is 0 Å². The molecule has 0 aliphatic heterocycles. The molecule has 0 spiro atoms. The molecule has 0 aliphatic rings. The summed E-state index contributed by atoms with van der Waals surface area (Å²) in [5, 5.41) is 0. The summed E-state index contributed by atoms with van der Waals surface area (Å²) < 4.78 is 4.89. The van der Waals surface area contributed by atoms with Crippen molar-refractivity contribution in [2.75, 3.05) is 6.61 Å². The van der Waals surface area contributed by atoms with Gasteiger partial charge in [0.2, 0.25) is 0 Å². The van der Waals surface area contributed by atoms with E-state index < -0.39 is 0 Å². The summed E-state index contributed by atoms with van der Waals surface area (Å²) in [7, 11) is 0. The Hall–Kier alpha value is -1.38. The molecule has 0 heterocycles. The van der Waals surface area contributed by atoms with Crippen LogP contribution in [0.25, 0.3) is 0 Å². The molecule has 0 unspecified atom stereocenters. The fourth-order valence-corrected chi connectivity index (χ4v) is 1.44. The maximum atomic E-state index is 10.8. The van der Waals surface area contributed by atoms with Crippen molar-refractivity contribution in [3.05, 3.63) is 23.3 Å². The van der Waals surface area contributed by atoms with Gasteiger partial charge in [0.15, 0.2) is 0 Å². The molecule has 0 radical (unpaired) electrons. The highest BCUT2D eigenvalue weighted by atomic mass is 16.5. The van der Waals surface area contributed by atoms with E-state index in [0.29, 0.717) is 13.0 Å². The van der Waals surface area contributed by atoms with E-state index >= 15 is 0 Å². The standard InChI is InChI=1S/C15H24O3/c1-12(8-6-10-14(3)16)7-5-9-13(2)11-18-15(4)17/h8-9H,5-7,10-11H2,1-4H3/b12-8?,13-9+. The van der Waals surface area contributed by atoms with E-state index in [1.807, 2.05) is 6.92 Å². The number of carbonyl (C=O) groups is 2. The minimum absolute atomic E-state index is 0.233. The zero-order chi connectivity index (χ0) is 14.0. The van der Waals surface area contributed by atoms with Gasteiger partial charge in [-0.25, -0.2) is 0 Å². The third kappa shape index (κ3) is 11.1. The van der Waals surface area contributed by atoms with Crippen LogP contribution in [0.3, 0.4) is 0 Å². The van der Waals surface area contributed by atoms with E-state index in [9.17, 15) is 9.59 Å². The first-order chi connectivity index (χ1) is 8.41. The zero-order valence-corrected chi connectivity index (χ0v) is 11.9. The van der Waals surface area contributed by atoms with Crippen LogP contribution in [-0.4, -0.2) is 18.4 Å². The number of Topliss-reactive ketones (excluding diaryl/α,β-unsaturated/α-hetero) is 1. The summed E-state index contributed by atoms with van der Waals surface area (Å²) in [6.45, 7) is 7.44. The monoisotopic (exact) mass is 252 g/mol. The second-order valence-electron chi connectivity index (χ2n) is 4.66. The fraction of sp³-hybridized carbons (Fsp3) is 0.600. The molecule has 0 bridgehead atoms. The maximum absolute atomic E-state index is 10.8. The molecule has 18 heavy (non-hydrogen) atoms. The molecule has 0 amide bonds. The minimum atomic E-state index is -0.247. The number of hydrogen-bond donors (Lipinski definition) is 0. The van der Waals surface area contributed by atoms with Crippen LogP contribution in [0, 0.1) is 0 Å². The first-order valence-corrected chi connectivity index (χ1v) is 6.36. The molecule has 102 valence electrons. The summed E-state index contributed by atoms with van der Waals surface area (Å²) in [6, 6.07) is 0. The number of ether oxygens (including phenoxy) is 1. The molecule has 3 nitrogen and oxygen atoms in total. The Bertz CT molecular complexity index is 338. The summed E-state index contributed by atoms with van der Waals surface area (Å²) in [6.07, 6.45) is 7.59. The quantitative estimate of drug-likeness (QED) is 0.490. The first-order valence-electron chi connectivity index (χ1n) is 6.36. The van der Waals surface area contributed by atoms with Gasteiger partial charge in [0.1, 0.15) is 12.4 Å². The van der Waals surface area contributed by atoms with Crippen LogP contribution in [0.15, 0.2) is 23.3 Å². The van der Waals surface area contributed by atoms with Crippen molar-refractivity contribution < 1.29 is 14.3 Å². The number of allylic oxidation sites excluding steroid dienone is 3. The Morgan fingerprint density at radius 3 is 2.00 bits per heavy atom. The van der Waals surface area contributed by atoms with Gasteiger partial charge in [-0.3, -0.25) is 4.79 Å². The lowest BCUT2D eigenvalue weighted by Gasteiger charge is -2.02. The lowest BCUT2D eigenvalue weighted by atomic mass is 10.1. The third-order valence-electron chi connectivity index (χ3n) is 2.52. The van der Waals surface area contributed by atoms with Gasteiger partial charge >= 0.3 is 5.97 Å². The molecule has 0 rings (SSSR count). The Labute approximate surface area is 110 Å². The molecule has 0 aromatic heterocycles. The molecule has 0 aromatic carbocycles. The van der Waals surface area contributed by atoms with E-state index in [1.165, 1.54) is 12.5 Å². The van der Waals surface area contributed by atoms with Crippen molar-refractivity contribution in [3.8, 4) is 0 Å². The van der Waals surface area contributed by atoms with Gasteiger partial charge in [0.25, 0.3) is 0 Å². The largest absolute Gasteiger partial charge is 0.461 e. The molecular weight excluding hydrogens is 228 g/mol. The summed E-state index contributed by atoms with van der Waals surface area (Å²) in [4.78, 5) is 21.4. The SMILES string of the molecule is CC(=O)CCC=C(C)CC/C=C(\C)COC(C)=O. The predicted molar refractivity (Wildman–Crippen MR) is 73.3 cm³/mol. The van der Waals surface area contributed by atoms with Gasteiger partial charge in [-0.05, 0) is 45.6 Å². The molecule has 0 aliphatic carbocycles. The fourth-order valence-electron chi connectivity index (χ4n) is 1.44. The summed E-state index contributed by atoms with van der Waals surface area (Å²) in [5.41, 5.74) is 2.37. The van der Waals surface area contributed by atoms with Crippen molar-refractivity contribution in [2.24, 2.45) is 0 Å². The third-order valence-corrected chi connectivity index (χ3v) is 2.52. The Balaban J connectivity index is 3.83. The maximum Gasteiger partial charge on any atom is 0.302 e. The van der Waals surface area contributed by atoms with Crippen LogP contribution in [0.5, 0.6) is 0 Å². The van der Waals surface area contributed by atoms with Crippen LogP contribution < -0.4 is 0 Å². The normalized spacial score (nSPS) is 12.4. The van der Waals surface area contributed by atoms with Gasteiger partial charge in [-0.1, -0.05) is 17.7 Å². The average molecular weight is 252 g/mol. The Kier molecular flexibility index (Phi) is 8.89. The predicted octanol–water partition coefficient (Wildman–Crippen LogP) is 3.59. The van der Waals surface area contributed by atoms with E-state index in [0.717, 1.165) is 24.8 Å². The van der Waals surface area contributed by atoms with E-state index in [-0.39, 0.29) is 11.8 Å². The Morgan fingerprint density at radius 1 is 0.889 bits per heavy atom. The van der Waals surface area contributed by atoms with Crippen LogP contribution in [-0.2, 0) is 14.3 Å². The van der Waals surface area contributed by atoms with Gasteiger partial charge in [-0.15, -0.1) is 0 Å². The van der Waals surface area contributed by atoms with Crippen molar-refractivity contribution in [1.29, 1.82) is 0 Å². The van der Waals surface area contributed by atoms with Crippen LogP contribution in [0.2, 0.25) is 0 Å². The highest BCUT2D eigenvalue weighted by Crippen LogP contribution is 2.09. The molecule has 0 saturated carbocycles. The molecule has 3 heteroatoms. The van der Waals surface area contributed by atoms with Crippen molar-refractivity contribution >= 4 is 11.8 Å². The van der Waals surface area contributed by atoms with Crippen LogP contribution in [0.1, 0.15) is 53.4 Å². The first kappa shape index (κ1) is 16.6. The second kappa shape index (κ2) is 9.63. The van der Waals surface area contributed by atoms with Gasteiger partial charge in [0, 0.05) is 13.3 Å². The number of esters is 1. The second-order valence-corrected chi connectivity index (χ2v) is 4.66. The van der Waals surface area contributed by atoms with Crippen molar-refractivity contribution in [1.82, 2.24) is 0 Å². The van der Waals surface area contributed by atoms with Gasteiger partial charge < -0.3 is 9.53 Å². The lowest BCUT2D eigenvalue weighted by Crippen LogP contribution is -2.01. The van der Waals surface area contributed by atoms with Crippen molar-refractivity contribution in [3.63, 3.8) is 0 Å². The highest BCUT2D eigenvalue weighted by molar-refractivity contribution is 5.75. The molecule has 0 fully saturated rings. The van der Waals surface area contributed by atoms with Crippen LogP contribution in [0.4, 0.5) is 0 Å². The number of rotatable bonds is 8. The smallest absolute Gasteiger partial charge is 0.302 e. The van der Waals surface area contributed by atoms with E-state index in [2.05, 4.69) is 19.1 Å². The zero-order valence-electron chi connectivity index (χ0n) is 11.9. The minimum Gasteiger partial charge on any atom is -0.461 e. The Morgan fingerprint density at radius 2 is 1.44 bits per heavy atom. The number of carbonyl (C=O) groups excluding carboxylic acids is 2. The molecule has 0 N–H and O–H groups in total. The van der Waals surface area contributed by atoms with Crippen molar-refractivity contribution in [2.45, 2.75) is 53.4 Å². The average Bonchev–Trinajstić information content (AvgIpc) is 2.25. The van der Waals surface area contributed by atoms with E-state index in [4.69, 9.17) is 4.74 Å².